The van der Waals surface area contributed by atoms with E-state index in [2.05, 4.69) is 15.2 Å². The van der Waals surface area contributed by atoms with Crippen molar-refractivity contribution in [1.82, 2.24) is 4.98 Å². The van der Waals surface area contributed by atoms with Crippen LogP contribution in [-0.4, -0.2) is 11.0 Å². The summed E-state index contributed by atoms with van der Waals surface area (Å²) < 4.78 is 5.56. The van der Waals surface area contributed by atoms with Crippen LogP contribution in [0, 0.1) is 0 Å². The van der Waals surface area contributed by atoms with Crippen molar-refractivity contribution in [3.8, 4) is 5.75 Å². The largest absolute Gasteiger partial charge is 0.421 e. The van der Waals surface area contributed by atoms with Crippen LogP contribution < -0.4 is 4.74 Å². The minimum atomic E-state index is -0.488. The van der Waals surface area contributed by atoms with Gasteiger partial charge in [0.25, 0.3) is 0 Å². The summed E-state index contributed by atoms with van der Waals surface area (Å²) in [4.78, 5) is 16.5. The van der Waals surface area contributed by atoms with Gasteiger partial charge in [0.1, 0.15) is 5.69 Å². The molecule has 3 aromatic carbocycles. The van der Waals surface area contributed by atoms with Gasteiger partial charge in [-0.05, 0) is 35.2 Å². The monoisotopic (exact) mass is 379 g/mol. The molecular weight excluding hydrogens is 362 g/mol. The van der Waals surface area contributed by atoms with Crippen LogP contribution >= 0.6 is 0 Å². The van der Waals surface area contributed by atoms with Crippen molar-refractivity contribution in [1.29, 1.82) is 0 Å². The summed E-state index contributed by atoms with van der Waals surface area (Å²) in [6.45, 7) is 0. The highest BCUT2D eigenvalue weighted by Crippen LogP contribution is 2.37. The molecule has 0 spiro atoms. The molecule has 0 amide bonds. The quantitative estimate of drug-likeness (QED) is 0.178. The number of carbonyl (C=O) groups excluding carboxylic acids is 1. The van der Waals surface area contributed by atoms with E-state index in [1.54, 1.807) is 24.4 Å². The molecule has 0 bridgehead atoms. The number of ether oxygens (including phenoxy) is 1. The maximum absolute atomic E-state index is 12.4. The molecule has 0 saturated carbocycles. The lowest BCUT2D eigenvalue weighted by atomic mass is 10.1. The molecule has 0 aliphatic heterocycles. The zero-order valence-electron chi connectivity index (χ0n) is 15.5. The number of hydrogen-bond acceptors (Lipinski definition) is 5. The molecule has 0 radical (unpaired) electrons. The van der Waals surface area contributed by atoms with Crippen LogP contribution in [0.4, 0.5) is 11.5 Å². The Hall–Kier alpha value is -4.12. The number of carbonyl (C=O) groups is 1. The van der Waals surface area contributed by atoms with E-state index >= 15 is 0 Å². The molecule has 0 N–H and O–H groups in total. The zero-order valence-corrected chi connectivity index (χ0v) is 15.5. The third-order valence-corrected chi connectivity index (χ3v) is 4.19. The Labute approximate surface area is 168 Å². The summed E-state index contributed by atoms with van der Waals surface area (Å²) in [5.74, 6) is 0.325. The molecule has 0 unspecified atom stereocenters. The van der Waals surface area contributed by atoms with E-state index in [9.17, 15) is 4.79 Å². The minimum Gasteiger partial charge on any atom is -0.421 e. The first-order valence-electron chi connectivity index (χ1n) is 9.09. The number of hydrogen-bond donors (Lipinski definition) is 0. The third-order valence-electron chi connectivity index (χ3n) is 4.19. The van der Waals surface area contributed by atoms with Gasteiger partial charge in [0, 0.05) is 17.7 Å². The van der Waals surface area contributed by atoms with Gasteiger partial charge in [-0.3, -0.25) is 0 Å². The smallest absolute Gasteiger partial charge is 0.336 e. The van der Waals surface area contributed by atoms with E-state index in [0.29, 0.717) is 17.3 Å². The molecular formula is C24H17N3O2. The van der Waals surface area contributed by atoms with Crippen molar-refractivity contribution in [2.75, 3.05) is 0 Å². The molecule has 0 atom stereocenters. The Balaban J connectivity index is 1.65. The van der Waals surface area contributed by atoms with Gasteiger partial charge in [0.2, 0.25) is 0 Å². The summed E-state index contributed by atoms with van der Waals surface area (Å²) >= 11 is 0. The molecule has 1 heterocycles. The number of aromatic nitrogens is 1. The topological polar surface area (TPSA) is 63.9 Å². The van der Waals surface area contributed by atoms with Gasteiger partial charge in [-0.2, -0.15) is 0 Å². The van der Waals surface area contributed by atoms with Crippen LogP contribution in [0.1, 0.15) is 5.56 Å². The third kappa shape index (κ3) is 4.59. The van der Waals surface area contributed by atoms with Gasteiger partial charge in [-0.15, -0.1) is 10.2 Å². The second-order valence-electron chi connectivity index (χ2n) is 6.19. The molecule has 5 nitrogen and oxygen atoms in total. The minimum absolute atomic E-state index is 0.339. The molecule has 29 heavy (non-hydrogen) atoms. The maximum atomic E-state index is 12.4. The van der Waals surface area contributed by atoms with Gasteiger partial charge < -0.3 is 4.74 Å². The van der Waals surface area contributed by atoms with Crippen LogP contribution in [0.15, 0.2) is 107 Å². The highest BCUT2D eigenvalue weighted by Gasteiger charge is 2.11. The van der Waals surface area contributed by atoms with Crippen LogP contribution in [0.25, 0.3) is 16.8 Å². The summed E-state index contributed by atoms with van der Waals surface area (Å²) in [6.07, 6.45) is 4.75. The van der Waals surface area contributed by atoms with Gasteiger partial charge in [-0.1, -0.05) is 66.7 Å². The zero-order chi connectivity index (χ0) is 19.9. The normalized spacial score (nSPS) is 11.3. The van der Waals surface area contributed by atoms with E-state index in [1.807, 2.05) is 72.8 Å². The van der Waals surface area contributed by atoms with Crippen molar-refractivity contribution in [2.45, 2.75) is 0 Å². The van der Waals surface area contributed by atoms with Crippen molar-refractivity contribution in [3.05, 3.63) is 103 Å². The Morgan fingerprint density at radius 1 is 0.828 bits per heavy atom. The van der Waals surface area contributed by atoms with E-state index in [4.69, 9.17) is 4.74 Å². The lowest BCUT2D eigenvalue weighted by molar-refractivity contribution is -0.128. The highest BCUT2D eigenvalue weighted by atomic mass is 16.5. The molecule has 5 heteroatoms. The molecule has 1 aromatic heterocycles. The van der Waals surface area contributed by atoms with Gasteiger partial charge in [-0.25, -0.2) is 9.78 Å². The number of rotatable bonds is 5. The second kappa shape index (κ2) is 8.71. The first kappa shape index (κ1) is 18.3. The molecule has 4 aromatic rings. The number of nitrogens with zero attached hydrogens (tertiary/aromatic N) is 3. The first-order valence-corrected chi connectivity index (χ1v) is 9.09. The number of azo groups is 1. The van der Waals surface area contributed by atoms with Crippen LogP contribution in [-0.2, 0) is 4.79 Å². The predicted molar refractivity (Wildman–Crippen MR) is 113 cm³/mol. The summed E-state index contributed by atoms with van der Waals surface area (Å²) in [5, 5.41) is 10.3. The van der Waals surface area contributed by atoms with E-state index in [0.717, 1.165) is 16.3 Å². The fourth-order valence-corrected chi connectivity index (χ4v) is 2.81. The Morgan fingerprint density at radius 2 is 1.62 bits per heavy atom. The van der Waals surface area contributed by atoms with Crippen molar-refractivity contribution >= 4 is 34.3 Å². The fourth-order valence-electron chi connectivity index (χ4n) is 2.81. The van der Waals surface area contributed by atoms with E-state index < -0.39 is 5.97 Å². The molecule has 0 aliphatic rings. The van der Waals surface area contributed by atoms with Crippen LogP contribution in [0.5, 0.6) is 5.75 Å². The number of fused-ring (bicyclic) bond motifs is 1. The number of esters is 1. The first-order chi connectivity index (χ1) is 14.3. The Bertz CT molecular complexity index is 1190. The van der Waals surface area contributed by atoms with Gasteiger partial charge >= 0.3 is 5.97 Å². The fraction of sp³-hybridized carbons (Fsp3) is 0. The molecule has 0 aliphatic carbocycles. The van der Waals surface area contributed by atoms with Crippen molar-refractivity contribution in [3.63, 3.8) is 0 Å². The van der Waals surface area contributed by atoms with E-state index in [-0.39, 0.29) is 0 Å². The van der Waals surface area contributed by atoms with Gasteiger partial charge in [0.15, 0.2) is 11.6 Å². The maximum Gasteiger partial charge on any atom is 0.336 e. The summed E-state index contributed by atoms with van der Waals surface area (Å²) in [5.41, 5.74) is 1.40. The standard InChI is InChI=1S/C24H17N3O2/c28-23(16-13-18-8-2-1-3-9-18)29-21-15-14-19-10-4-5-11-20(19)24(21)27-26-22-12-6-7-17-25-22/h1-17H. The second-order valence-corrected chi connectivity index (χ2v) is 6.19. The molecule has 140 valence electrons. The highest BCUT2D eigenvalue weighted by molar-refractivity contribution is 5.97. The average molecular weight is 379 g/mol. The molecule has 0 fully saturated rings. The van der Waals surface area contributed by atoms with Gasteiger partial charge in [0.05, 0.1) is 0 Å². The lowest BCUT2D eigenvalue weighted by Gasteiger charge is -2.08. The predicted octanol–water partition coefficient (Wildman–Crippen LogP) is 6.27. The SMILES string of the molecule is O=C(C=Cc1ccccc1)Oc1ccc2ccccc2c1N=Nc1ccccn1. The van der Waals surface area contributed by atoms with Crippen LogP contribution in [0.3, 0.4) is 0 Å². The Kier molecular flexibility index (Phi) is 5.48. The van der Waals surface area contributed by atoms with E-state index in [1.165, 1.54) is 6.08 Å². The summed E-state index contributed by atoms with van der Waals surface area (Å²) in [7, 11) is 0. The lowest BCUT2D eigenvalue weighted by Crippen LogP contribution is -2.03. The van der Waals surface area contributed by atoms with Crippen molar-refractivity contribution < 1.29 is 9.53 Å². The van der Waals surface area contributed by atoms with Crippen molar-refractivity contribution in [2.24, 2.45) is 10.2 Å². The summed E-state index contributed by atoms with van der Waals surface area (Å²) in [6, 6.07) is 26.3. The molecule has 0 saturated heterocycles. The number of benzene rings is 3. The Morgan fingerprint density at radius 3 is 2.45 bits per heavy atom. The average Bonchev–Trinajstić information content (AvgIpc) is 2.78. The number of pyridine rings is 1. The molecule has 4 rings (SSSR count). The van der Waals surface area contributed by atoms with Crippen LogP contribution in [0.2, 0.25) is 0 Å².